The Bertz CT molecular complexity index is 652. The van der Waals surface area contributed by atoms with Crippen molar-refractivity contribution >= 4 is 17.3 Å². The fourth-order valence-electron chi connectivity index (χ4n) is 1.80. The van der Waals surface area contributed by atoms with E-state index >= 15 is 0 Å². The Morgan fingerprint density at radius 2 is 2.00 bits per heavy atom. The van der Waals surface area contributed by atoms with Gasteiger partial charge in [0, 0.05) is 35.7 Å². The molecule has 21 heavy (non-hydrogen) atoms. The molecule has 0 radical (unpaired) electrons. The highest BCUT2D eigenvalue weighted by Gasteiger charge is 2.18. The summed E-state index contributed by atoms with van der Waals surface area (Å²) in [5.74, 6) is -4.07. The van der Waals surface area contributed by atoms with Gasteiger partial charge in [-0.25, -0.2) is 22.9 Å². The van der Waals surface area contributed by atoms with Crippen molar-refractivity contribution < 1.29 is 23.1 Å². The lowest BCUT2D eigenvalue weighted by Crippen LogP contribution is -2.20. The number of rotatable bonds is 5. The van der Waals surface area contributed by atoms with Crippen molar-refractivity contribution in [1.82, 2.24) is 10.3 Å². The molecule has 2 N–H and O–H groups in total. The van der Waals surface area contributed by atoms with Gasteiger partial charge in [-0.2, -0.15) is 0 Å². The van der Waals surface area contributed by atoms with Gasteiger partial charge in [0.2, 0.25) is 0 Å². The minimum absolute atomic E-state index is 0.0800. The third-order valence-corrected chi connectivity index (χ3v) is 3.66. The minimum Gasteiger partial charge on any atom is -0.476 e. The van der Waals surface area contributed by atoms with Crippen LogP contribution in [0.15, 0.2) is 17.5 Å². The molecule has 0 amide bonds. The average molecular weight is 316 g/mol. The van der Waals surface area contributed by atoms with E-state index in [9.17, 15) is 18.0 Å². The van der Waals surface area contributed by atoms with Crippen LogP contribution in [0.3, 0.4) is 0 Å². The van der Waals surface area contributed by atoms with Gasteiger partial charge in [0.15, 0.2) is 5.69 Å². The predicted octanol–water partition coefficient (Wildman–Crippen LogP) is 3.11. The van der Waals surface area contributed by atoms with Crippen LogP contribution in [0.25, 0.3) is 0 Å². The molecule has 0 aliphatic carbocycles. The van der Waals surface area contributed by atoms with E-state index in [0.717, 1.165) is 11.3 Å². The van der Waals surface area contributed by atoms with Crippen LogP contribution < -0.4 is 5.32 Å². The number of aromatic nitrogens is 1. The smallest absolute Gasteiger partial charge is 0.355 e. The van der Waals surface area contributed by atoms with E-state index in [4.69, 9.17) is 5.11 Å². The lowest BCUT2D eigenvalue weighted by atomic mass is 10.1. The molecule has 0 unspecified atom stereocenters. The number of carboxylic acid groups (broad SMARTS) is 1. The largest absolute Gasteiger partial charge is 0.476 e. The standard InChI is InChI=1S/C13H11F3N2O2S/c1-6(12-8(15)2-7(14)3-9(12)16)17-4-11-18-10(5-21-11)13(19)20/h2-3,5-6,17H,4H2,1H3,(H,19,20)/t6-/m1/s1. The summed E-state index contributed by atoms with van der Waals surface area (Å²) in [5.41, 5.74) is -0.352. The number of nitrogens with one attached hydrogen (secondary N) is 1. The molecule has 2 aromatic rings. The number of aromatic carboxylic acids is 1. The lowest BCUT2D eigenvalue weighted by Gasteiger charge is -2.15. The maximum atomic E-state index is 13.6. The lowest BCUT2D eigenvalue weighted by molar-refractivity contribution is 0.0691. The fourth-order valence-corrected chi connectivity index (χ4v) is 2.52. The summed E-state index contributed by atoms with van der Waals surface area (Å²) in [4.78, 5) is 14.5. The first-order valence-corrected chi connectivity index (χ1v) is 6.82. The van der Waals surface area contributed by atoms with Crippen molar-refractivity contribution in [3.05, 3.63) is 51.2 Å². The molecule has 1 heterocycles. The molecule has 1 aromatic heterocycles. The van der Waals surface area contributed by atoms with Crippen molar-refractivity contribution in [2.45, 2.75) is 19.5 Å². The van der Waals surface area contributed by atoms with Gasteiger partial charge in [-0.1, -0.05) is 0 Å². The van der Waals surface area contributed by atoms with Crippen LogP contribution in [0.2, 0.25) is 0 Å². The Morgan fingerprint density at radius 1 is 1.38 bits per heavy atom. The highest BCUT2D eigenvalue weighted by atomic mass is 32.1. The summed E-state index contributed by atoms with van der Waals surface area (Å²) >= 11 is 1.12. The highest BCUT2D eigenvalue weighted by Crippen LogP contribution is 2.22. The first-order chi connectivity index (χ1) is 9.88. The van der Waals surface area contributed by atoms with Gasteiger partial charge in [0.05, 0.1) is 0 Å². The zero-order valence-electron chi connectivity index (χ0n) is 10.9. The summed E-state index contributed by atoms with van der Waals surface area (Å²) in [7, 11) is 0. The van der Waals surface area contributed by atoms with Crippen LogP contribution in [-0.2, 0) is 6.54 Å². The minimum atomic E-state index is -1.14. The van der Waals surface area contributed by atoms with E-state index in [-0.39, 0.29) is 17.8 Å². The van der Waals surface area contributed by atoms with Crippen molar-refractivity contribution in [3.63, 3.8) is 0 Å². The van der Waals surface area contributed by atoms with E-state index in [1.807, 2.05) is 0 Å². The van der Waals surface area contributed by atoms with Crippen LogP contribution in [0, 0.1) is 17.5 Å². The first kappa shape index (κ1) is 15.5. The van der Waals surface area contributed by atoms with E-state index in [1.54, 1.807) is 0 Å². The Labute approximate surface area is 122 Å². The molecule has 1 atom stereocenters. The summed E-state index contributed by atoms with van der Waals surface area (Å²) in [6, 6.07) is 0.508. The third kappa shape index (κ3) is 3.59. The summed E-state index contributed by atoms with van der Waals surface area (Å²) in [6.07, 6.45) is 0. The maximum Gasteiger partial charge on any atom is 0.355 e. The van der Waals surface area contributed by atoms with Crippen LogP contribution in [0.1, 0.15) is 34.0 Å². The average Bonchev–Trinajstić information content (AvgIpc) is 2.84. The SMILES string of the molecule is C[C@@H](NCc1nc(C(=O)O)cs1)c1c(F)cc(F)cc1F. The first-order valence-electron chi connectivity index (χ1n) is 5.94. The molecule has 0 aliphatic rings. The second kappa shape index (κ2) is 6.23. The second-order valence-electron chi connectivity index (χ2n) is 4.32. The molecule has 0 saturated carbocycles. The van der Waals surface area contributed by atoms with Gasteiger partial charge in [0.1, 0.15) is 22.5 Å². The van der Waals surface area contributed by atoms with Crippen LogP contribution >= 0.6 is 11.3 Å². The molecule has 4 nitrogen and oxygen atoms in total. The van der Waals surface area contributed by atoms with Gasteiger partial charge < -0.3 is 10.4 Å². The van der Waals surface area contributed by atoms with Gasteiger partial charge in [-0.3, -0.25) is 0 Å². The molecular weight excluding hydrogens is 305 g/mol. The fraction of sp³-hybridized carbons (Fsp3) is 0.231. The molecular formula is C13H11F3N2O2S. The maximum absolute atomic E-state index is 13.6. The van der Waals surface area contributed by atoms with Crippen molar-refractivity contribution in [2.24, 2.45) is 0 Å². The number of hydrogen-bond donors (Lipinski definition) is 2. The Kier molecular flexibility index (Phi) is 4.59. The number of hydrogen-bond acceptors (Lipinski definition) is 4. The monoisotopic (exact) mass is 316 g/mol. The quantitative estimate of drug-likeness (QED) is 0.890. The summed E-state index contributed by atoms with van der Waals surface area (Å²) < 4.78 is 40.0. The molecule has 1 aromatic carbocycles. The van der Waals surface area contributed by atoms with Gasteiger partial charge in [0.25, 0.3) is 0 Å². The normalized spacial score (nSPS) is 12.4. The summed E-state index contributed by atoms with van der Waals surface area (Å²) in [6.45, 7) is 1.67. The number of carbonyl (C=O) groups is 1. The van der Waals surface area contributed by atoms with Crippen molar-refractivity contribution in [1.29, 1.82) is 0 Å². The Balaban J connectivity index is 2.08. The van der Waals surface area contributed by atoms with E-state index < -0.39 is 29.5 Å². The van der Waals surface area contributed by atoms with E-state index in [0.29, 0.717) is 17.1 Å². The molecule has 8 heteroatoms. The zero-order chi connectivity index (χ0) is 15.6. The highest BCUT2D eigenvalue weighted by molar-refractivity contribution is 7.09. The third-order valence-electron chi connectivity index (χ3n) is 2.81. The predicted molar refractivity (Wildman–Crippen MR) is 70.6 cm³/mol. The number of benzene rings is 1. The number of thiazole rings is 1. The molecule has 0 aliphatic heterocycles. The molecule has 0 bridgehead atoms. The van der Waals surface area contributed by atoms with Crippen LogP contribution in [0.5, 0.6) is 0 Å². The molecule has 112 valence electrons. The topological polar surface area (TPSA) is 62.2 Å². The van der Waals surface area contributed by atoms with Gasteiger partial charge in [-0.05, 0) is 6.92 Å². The second-order valence-corrected chi connectivity index (χ2v) is 5.26. The molecule has 0 saturated heterocycles. The van der Waals surface area contributed by atoms with E-state index in [1.165, 1.54) is 12.3 Å². The summed E-state index contributed by atoms with van der Waals surface area (Å²) in [5, 5.41) is 13.4. The molecule has 0 spiro atoms. The number of carboxylic acids is 1. The zero-order valence-corrected chi connectivity index (χ0v) is 11.7. The van der Waals surface area contributed by atoms with Crippen LogP contribution in [-0.4, -0.2) is 16.1 Å². The Morgan fingerprint density at radius 3 is 2.52 bits per heavy atom. The van der Waals surface area contributed by atoms with Crippen molar-refractivity contribution in [2.75, 3.05) is 0 Å². The van der Waals surface area contributed by atoms with Crippen molar-refractivity contribution in [3.8, 4) is 0 Å². The van der Waals surface area contributed by atoms with E-state index in [2.05, 4.69) is 10.3 Å². The number of nitrogens with zero attached hydrogens (tertiary/aromatic N) is 1. The Hall–Kier alpha value is -1.93. The molecule has 0 fully saturated rings. The number of halogens is 3. The van der Waals surface area contributed by atoms with Gasteiger partial charge in [-0.15, -0.1) is 11.3 Å². The molecule has 2 rings (SSSR count). The van der Waals surface area contributed by atoms with Gasteiger partial charge >= 0.3 is 5.97 Å². The van der Waals surface area contributed by atoms with Crippen LogP contribution in [0.4, 0.5) is 13.2 Å².